The number of carbonyl (C=O) groups is 4. The minimum atomic E-state index is -4.53. The number of aryl methyl sites for hydroxylation is 2. The smallest absolute Gasteiger partial charge is 0.748 e. The Balaban J connectivity index is 0.00000512. The standard InChI is InChI=1S/C41H54N6O11S2.2K/c1-8-26-21(2)29-20-34-37(25(6)48)23(4)31(45-34)18-30-22(3)27(11-12-35(49)42-13-9-15-59(52,53)54)39(46-30)28(17-36(50)58-7)40-38(24(5)32(47-40)19-33(26)44-29)41(51)43-14-10-16-60(55,56)57;;/h18-22,26-27,45,47H,8-17H2,1-7H3,(H,42,49)(H,43,51)(H,52,53,54)(H,55,56,57);;/q;2*+1/p-2/t21-,22+,26-,27+;;/m1../s1. The predicted octanol–water partition coefficient (Wildman–Crippen LogP) is -1.46. The van der Waals surface area contributed by atoms with Crippen LogP contribution in [0.1, 0.15) is 144 Å². The Morgan fingerprint density at radius 2 is 1.31 bits per heavy atom. The molecule has 326 valence electrons. The van der Waals surface area contributed by atoms with Crippen molar-refractivity contribution in [2.24, 2.45) is 0 Å². The number of fused-ring (bicyclic) bond motifs is 8. The molecule has 4 atom stereocenters. The Labute approximate surface area is 447 Å². The Morgan fingerprint density at radius 3 is 1.89 bits per heavy atom. The van der Waals surface area contributed by atoms with Crippen LogP contribution in [0.25, 0.3) is 22.1 Å². The van der Waals surface area contributed by atoms with E-state index >= 15 is 0 Å². The fourth-order valence-corrected chi connectivity index (χ4v) is 9.24. The predicted molar refractivity (Wildman–Crippen MR) is 222 cm³/mol. The molecule has 5 rings (SSSR count). The molecule has 62 heavy (non-hydrogen) atoms. The van der Waals surface area contributed by atoms with Crippen molar-refractivity contribution in [3.05, 3.63) is 68.8 Å². The van der Waals surface area contributed by atoms with Crippen LogP contribution in [0, 0.1) is 13.8 Å². The van der Waals surface area contributed by atoms with Crippen molar-refractivity contribution in [2.75, 3.05) is 31.7 Å². The van der Waals surface area contributed by atoms with Gasteiger partial charge >= 0.3 is 109 Å². The maximum absolute atomic E-state index is 14.2. The number of nitrogens with zero attached hydrogens (tertiary/aromatic N) is 2. The van der Waals surface area contributed by atoms with Gasteiger partial charge < -0.3 is 34.4 Å². The second-order valence-corrected chi connectivity index (χ2v) is 18.6. The summed E-state index contributed by atoms with van der Waals surface area (Å²) in [6.07, 6.45) is 0.342. The van der Waals surface area contributed by atoms with Crippen LogP contribution in [-0.4, -0.2) is 101 Å². The monoisotopic (exact) mass is 946 g/mol. The fraction of sp³-hybridized carbons (Fsp3) is 0.512. The van der Waals surface area contributed by atoms with Gasteiger partial charge in [-0.25, -0.2) is 16.8 Å². The van der Waals surface area contributed by atoms with E-state index in [0.717, 1.165) is 17.8 Å². The summed E-state index contributed by atoms with van der Waals surface area (Å²) in [5.74, 6) is -4.08. The van der Waals surface area contributed by atoms with Gasteiger partial charge in [-0.05, 0) is 75.8 Å². The van der Waals surface area contributed by atoms with Gasteiger partial charge in [0.05, 0.1) is 56.1 Å². The van der Waals surface area contributed by atoms with Gasteiger partial charge in [0.2, 0.25) is 5.91 Å². The molecule has 4 N–H and O–H groups in total. The van der Waals surface area contributed by atoms with Crippen molar-refractivity contribution in [2.45, 2.75) is 104 Å². The van der Waals surface area contributed by atoms with Gasteiger partial charge in [0, 0.05) is 93.9 Å². The molecule has 0 aliphatic carbocycles. The molecular weight excluding hydrogens is 895 g/mol. The van der Waals surface area contributed by atoms with Crippen LogP contribution in [-0.2, 0) is 41.0 Å². The Hall–Kier alpha value is -1.71. The van der Waals surface area contributed by atoms with Crippen LogP contribution in [0.15, 0.2) is 18.2 Å². The van der Waals surface area contributed by atoms with Gasteiger partial charge in [-0.15, -0.1) is 0 Å². The molecular formula is C41H52K2N6O11S2. The molecule has 0 aromatic carbocycles. The summed E-state index contributed by atoms with van der Waals surface area (Å²) in [5.41, 5.74) is 6.56. The average molecular weight is 947 g/mol. The number of esters is 1. The van der Waals surface area contributed by atoms with E-state index in [1.807, 2.05) is 39.0 Å². The van der Waals surface area contributed by atoms with Crippen molar-refractivity contribution in [1.82, 2.24) is 30.6 Å². The van der Waals surface area contributed by atoms with Crippen molar-refractivity contribution in [3.63, 3.8) is 0 Å². The summed E-state index contributed by atoms with van der Waals surface area (Å²) in [5, 5.41) is 5.39. The van der Waals surface area contributed by atoms with Crippen molar-refractivity contribution < 1.29 is 153 Å². The first-order valence-electron chi connectivity index (χ1n) is 19.9. The first-order chi connectivity index (χ1) is 28.1. The molecule has 0 spiro atoms. The number of nitrogens with one attached hydrogen (secondary N) is 4. The Morgan fingerprint density at radius 1 is 0.774 bits per heavy atom. The molecule has 3 aromatic heterocycles. The molecule has 0 radical (unpaired) electrons. The SMILES string of the molecule is CC[C@H]1c2cc3[nH]c(c(CC(=O)OC)c4nc(cc5[nH]c(cc(n2)[C@@H]1C)c(C(C)=O)c5C)[C@@H](C)[C@@H]4CCC(=O)NCCCS(=O)(=O)[O-])c(C(=O)NCCCS(=O)(=O)[O-])c3C.[K+].[K+]. The number of hydrogen-bond donors (Lipinski definition) is 4. The quantitative estimate of drug-likeness (QED) is 0.0421. The van der Waals surface area contributed by atoms with Gasteiger partial charge in [-0.3, -0.25) is 29.1 Å². The zero-order chi connectivity index (χ0) is 44.3. The van der Waals surface area contributed by atoms with Crippen LogP contribution in [0.5, 0.6) is 0 Å². The summed E-state index contributed by atoms with van der Waals surface area (Å²) < 4.78 is 72.3. The first-order valence-corrected chi connectivity index (χ1v) is 23.1. The number of aromatic amines is 2. The van der Waals surface area contributed by atoms with Gasteiger partial charge in [0.15, 0.2) is 5.78 Å². The normalized spacial score (nSPS) is 17.4. The second-order valence-electron chi connectivity index (χ2n) is 15.5. The third kappa shape index (κ3) is 13.4. The molecule has 0 saturated heterocycles. The van der Waals surface area contributed by atoms with E-state index < -0.39 is 55.4 Å². The summed E-state index contributed by atoms with van der Waals surface area (Å²) in [7, 11) is -7.75. The molecule has 2 aliphatic rings. The molecule has 0 saturated carbocycles. The molecule has 17 nitrogen and oxygen atoms in total. The van der Waals surface area contributed by atoms with Gasteiger partial charge in [0.1, 0.15) is 0 Å². The molecule has 5 heterocycles. The van der Waals surface area contributed by atoms with E-state index in [2.05, 4.69) is 27.5 Å². The third-order valence-electron chi connectivity index (χ3n) is 11.5. The fourth-order valence-electron chi connectivity index (χ4n) is 8.24. The number of methoxy groups -OCH3 is 1. The number of rotatable bonds is 16. The number of H-pyrrole nitrogens is 2. The molecule has 8 bridgehead atoms. The van der Waals surface area contributed by atoms with Crippen molar-refractivity contribution >= 4 is 65.9 Å². The number of aromatic nitrogens is 4. The van der Waals surface area contributed by atoms with Crippen LogP contribution in [0.2, 0.25) is 0 Å². The topological polar surface area (TPSA) is 273 Å². The van der Waals surface area contributed by atoms with Gasteiger partial charge in [0.25, 0.3) is 5.91 Å². The van der Waals surface area contributed by atoms with Crippen molar-refractivity contribution in [1.29, 1.82) is 0 Å². The first kappa shape index (κ1) is 54.6. The van der Waals surface area contributed by atoms with Crippen molar-refractivity contribution in [3.8, 4) is 0 Å². The van der Waals surface area contributed by atoms with Crippen LogP contribution in [0.3, 0.4) is 0 Å². The second kappa shape index (κ2) is 23.1. The largest absolute Gasteiger partial charge is 1.00 e. The summed E-state index contributed by atoms with van der Waals surface area (Å²) in [6.45, 7) is 10.9. The number of carbonyl (C=O) groups excluding carboxylic acids is 4. The molecule has 0 unspecified atom stereocenters. The zero-order valence-corrected chi connectivity index (χ0v) is 44.7. The summed E-state index contributed by atoms with van der Waals surface area (Å²) in [4.78, 5) is 70.7. The van der Waals surface area contributed by atoms with E-state index in [1.54, 1.807) is 6.92 Å². The van der Waals surface area contributed by atoms with Crippen LogP contribution in [0.4, 0.5) is 0 Å². The summed E-state index contributed by atoms with van der Waals surface area (Å²) in [6, 6.07) is 5.58. The van der Waals surface area contributed by atoms with E-state index in [-0.39, 0.29) is 183 Å². The number of Topliss-reactive ketones (excluding diaryl/α,β-unsaturated/α-hetero) is 1. The number of amides is 2. The van der Waals surface area contributed by atoms with Gasteiger partial charge in [-0.1, -0.05) is 20.8 Å². The molecule has 2 amide bonds. The molecule has 3 aromatic rings. The Bertz CT molecular complexity index is 2590. The minimum absolute atomic E-state index is 0. The molecule has 21 heteroatoms. The number of ether oxygens (including phenoxy) is 1. The van der Waals surface area contributed by atoms with Crippen LogP contribution < -0.4 is 113 Å². The average Bonchev–Trinajstić information content (AvgIpc) is 3.85. The molecule has 2 aliphatic heterocycles. The number of ketones is 1. The minimum Gasteiger partial charge on any atom is -0.748 e. The molecule has 0 fully saturated rings. The third-order valence-corrected chi connectivity index (χ3v) is 13.1. The van der Waals surface area contributed by atoms with E-state index in [1.165, 1.54) is 14.0 Å². The van der Waals surface area contributed by atoms with E-state index in [9.17, 15) is 45.1 Å². The maximum Gasteiger partial charge on any atom is 1.00 e. The summed E-state index contributed by atoms with van der Waals surface area (Å²) >= 11 is 0. The van der Waals surface area contributed by atoms with Gasteiger partial charge in [-0.2, -0.15) is 0 Å². The van der Waals surface area contributed by atoms with E-state index in [0.29, 0.717) is 50.2 Å². The van der Waals surface area contributed by atoms with Crippen LogP contribution >= 0.6 is 0 Å². The zero-order valence-electron chi connectivity index (χ0n) is 36.8. The maximum atomic E-state index is 14.2. The Kier molecular flexibility index (Phi) is 20.4. The van der Waals surface area contributed by atoms with E-state index in [4.69, 9.17) is 14.7 Å². The number of hydrogen-bond acceptors (Lipinski definition) is 13.